The Labute approximate surface area is 143 Å². The normalized spacial score (nSPS) is 26.1. The van der Waals surface area contributed by atoms with Crippen LogP contribution in [0.5, 0.6) is 5.75 Å². The lowest BCUT2D eigenvalue weighted by atomic mass is 10.1. The number of hydrogen-bond donors (Lipinski definition) is 5. The first-order valence-corrected chi connectivity index (χ1v) is 8.10. The molecular formula is C15H23N3O7. The van der Waals surface area contributed by atoms with E-state index in [1.165, 1.54) is 0 Å². The second kappa shape index (κ2) is 7.91. The standard InChI is InChI=1S/C15H23N3O7/c1-2-3-4-5-8(20)18-10(15(16)24)12(22)9(17-18)14-13(23)11(21)7(6-19)25-14/h7,11,13-14,19,21-23H,2-6H2,1H3,(H2,16,24)/t7-,11-,13-,14+/m1/s1. The number of carbonyl (C=O) groups excluding carboxylic acids is 2. The van der Waals surface area contributed by atoms with Crippen molar-refractivity contribution in [3.63, 3.8) is 0 Å². The smallest absolute Gasteiger partial charge is 0.271 e. The third kappa shape index (κ3) is 3.66. The summed E-state index contributed by atoms with van der Waals surface area (Å²) in [7, 11) is 0. The summed E-state index contributed by atoms with van der Waals surface area (Å²) in [5, 5.41) is 43.1. The molecular weight excluding hydrogens is 334 g/mol. The number of ether oxygens (including phenoxy) is 1. The van der Waals surface area contributed by atoms with Crippen molar-refractivity contribution >= 4 is 11.8 Å². The van der Waals surface area contributed by atoms with E-state index in [0.717, 1.165) is 12.8 Å². The summed E-state index contributed by atoms with van der Waals surface area (Å²) in [6.45, 7) is 1.41. The van der Waals surface area contributed by atoms with E-state index in [1.807, 2.05) is 6.92 Å². The molecule has 10 heteroatoms. The van der Waals surface area contributed by atoms with Gasteiger partial charge < -0.3 is 30.9 Å². The van der Waals surface area contributed by atoms with Crippen molar-refractivity contribution in [2.45, 2.75) is 57.0 Å². The molecule has 0 bridgehead atoms. The fourth-order valence-corrected chi connectivity index (χ4v) is 2.78. The molecule has 0 radical (unpaired) electrons. The highest BCUT2D eigenvalue weighted by Gasteiger charge is 2.46. The molecule has 0 aliphatic carbocycles. The molecule has 6 N–H and O–H groups in total. The van der Waals surface area contributed by atoms with Crippen LogP contribution in [0.2, 0.25) is 0 Å². The fraction of sp³-hybridized carbons (Fsp3) is 0.667. The largest absolute Gasteiger partial charge is 0.504 e. The van der Waals surface area contributed by atoms with Crippen LogP contribution in [0.25, 0.3) is 0 Å². The Balaban J connectivity index is 2.36. The van der Waals surface area contributed by atoms with Crippen LogP contribution >= 0.6 is 0 Å². The van der Waals surface area contributed by atoms with Gasteiger partial charge in [0, 0.05) is 6.42 Å². The van der Waals surface area contributed by atoms with Crippen LogP contribution < -0.4 is 5.73 Å². The topological polar surface area (TPSA) is 168 Å². The second-order valence-corrected chi connectivity index (χ2v) is 5.97. The molecule has 140 valence electrons. The maximum atomic E-state index is 12.3. The van der Waals surface area contributed by atoms with E-state index in [0.29, 0.717) is 11.1 Å². The van der Waals surface area contributed by atoms with Gasteiger partial charge >= 0.3 is 0 Å². The molecule has 1 saturated heterocycles. The lowest BCUT2D eigenvalue weighted by Crippen LogP contribution is -2.32. The number of aromatic hydroxyl groups is 1. The monoisotopic (exact) mass is 357 g/mol. The highest BCUT2D eigenvalue weighted by atomic mass is 16.6. The molecule has 1 fully saturated rings. The van der Waals surface area contributed by atoms with Crippen molar-refractivity contribution < 1.29 is 34.8 Å². The molecule has 0 unspecified atom stereocenters. The van der Waals surface area contributed by atoms with Gasteiger partial charge in [-0.15, -0.1) is 0 Å². The van der Waals surface area contributed by atoms with Gasteiger partial charge in [-0.05, 0) is 6.42 Å². The summed E-state index contributed by atoms with van der Waals surface area (Å²) in [4.78, 5) is 23.9. The second-order valence-electron chi connectivity index (χ2n) is 5.97. The summed E-state index contributed by atoms with van der Waals surface area (Å²) >= 11 is 0. The van der Waals surface area contributed by atoms with Gasteiger partial charge in [-0.1, -0.05) is 19.8 Å². The van der Waals surface area contributed by atoms with Gasteiger partial charge in [0.1, 0.15) is 30.1 Å². The Morgan fingerprint density at radius 1 is 1.28 bits per heavy atom. The van der Waals surface area contributed by atoms with E-state index in [1.54, 1.807) is 0 Å². The third-order valence-corrected chi connectivity index (χ3v) is 4.16. The molecule has 10 nitrogen and oxygen atoms in total. The summed E-state index contributed by atoms with van der Waals surface area (Å²) < 4.78 is 5.98. The SMILES string of the molecule is CCCCCC(=O)n1nc([C@@H]2O[C@H](CO)[C@@H](O)[C@H]2O)c(O)c1C(N)=O. The minimum Gasteiger partial charge on any atom is -0.504 e. The van der Waals surface area contributed by atoms with Crippen molar-refractivity contribution in [2.75, 3.05) is 6.61 Å². The van der Waals surface area contributed by atoms with Crippen LogP contribution in [-0.2, 0) is 4.74 Å². The highest BCUT2D eigenvalue weighted by molar-refractivity contribution is 5.98. The molecule has 1 aliphatic rings. The zero-order chi connectivity index (χ0) is 18.7. The number of amides is 1. The van der Waals surface area contributed by atoms with E-state index in [2.05, 4.69) is 5.10 Å². The predicted molar refractivity (Wildman–Crippen MR) is 83.9 cm³/mol. The number of rotatable bonds is 7. The zero-order valence-electron chi connectivity index (χ0n) is 13.8. The molecule has 4 atom stereocenters. The van der Waals surface area contributed by atoms with Crippen LogP contribution in [0.1, 0.15) is 59.7 Å². The Kier molecular flexibility index (Phi) is 6.11. The first-order chi connectivity index (χ1) is 11.8. The van der Waals surface area contributed by atoms with Crippen LogP contribution in [0.3, 0.4) is 0 Å². The Morgan fingerprint density at radius 3 is 2.48 bits per heavy atom. The number of aliphatic hydroxyl groups excluding tert-OH is 3. The van der Waals surface area contributed by atoms with E-state index in [9.17, 15) is 24.9 Å². The number of aromatic nitrogens is 2. The predicted octanol–water partition coefficient (Wildman–Crippen LogP) is -0.938. The Bertz CT molecular complexity index is 645. The van der Waals surface area contributed by atoms with Crippen molar-refractivity contribution in [3.8, 4) is 5.75 Å². The van der Waals surface area contributed by atoms with Gasteiger partial charge in [0.2, 0.25) is 5.91 Å². The summed E-state index contributed by atoms with van der Waals surface area (Å²) in [5.41, 5.74) is 4.43. The average Bonchev–Trinajstić information content (AvgIpc) is 3.05. The van der Waals surface area contributed by atoms with Crippen molar-refractivity contribution in [1.29, 1.82) is 0 Å². The lowest BCUT2D eigenvalue weighted by molar-refractivity contribution is -0.0246. The first kappa shape index (κ1) is 19.3. The van der Waals surface area contributed by atoms with Crippen LogP contribution in [0.4, 0.5) is 0 Å². The Hall–Kier alpha value is -2.01. The summed E-state index contributed by atoms with van der Waals surface area (Å²) in [5.74, 6) is -2.28. The van der Waals surface area contributed by atoms with Crippen molar-refractivity contribution in [2.24, 2.45) is 5.73 Å². The van der Waals surface area contributed by atoms with Gasteiger partial charge in [-0.25, -0.2) is 0 Å². The molecule has 1 amide bonds. The van der Waals surface area contributed by atoms with Gasteiger partial charge in [-0.3, -0.25) is 9.59 Å². The molecule has 0 saturated carbocycles. The molecule has 25 heavy (non-hydrogen) atoms. The maximum Gasteiger partial charge on any atom is 0.271 e. The number of nitrogens with zero attached hydrogens (tertiary/aromatic N) is 2. The van der Waals surface area contributed by atoms with E-state index >= 15 is 0 Å². The molecule has 2 rings (SSSR count). The highest BCUT2D eigenvalue weighted by Crippen LogP contribution is 2.38. The van der Waals surface area contributed by atoms with E-state index in [-0.39, 0.29) is 12.1 Å². The Morgan fingerprint density at radius 2 is 1.96 bits per heavy atom. The maximum absolute atomic E-state index is 12.3. The molecule has 0 spiro atoms. The number of nitrogens with two attached hydrogens (primary N) is 1. The molecule has 1 aromatic rings. The van der Waals surface area contributed by atoms with Crippen LogP contribution in [0, 0.1) is 0 Å². The molecule has 1 aliphatic heterocycles. The summed E-state index contributed by atoms with van der Waals surface area (Å²) in [6.07, 6.45) is -2.90. The molecule has 1 aromatic heterocycles. The zero-order valence-corrected chi connectivity index (χ0v) is 13.8. The van der Waals surface area contributed by atoms with E-state index < -0.39 is 54.3 Å². The fourth-order valence-electron chi connectivity index (χ4n) is 2.78. The first-order valence-electron chi connectivity index (χ1n) is 8.10. The van der Waals surface area contributed by atoms with Crippen molar-refractivity contribution in [3.05, 3.63) is 11.4 Å². The van der Waals surface area contributed by atoms with Gasteiger partial charge in [-0.2, -0.15) is 9.78 Å². The van der Waals surface area contributed by atoms with Gasteiger partial charge in [0.05, 0.1) is 6.61 Å². The lowest BCUT2D eigenvalue weighted by Gasteiger charge is -2.12. The number of carbonyl (C=O) groups is 2. The molecule has 0 aromatic carbocycles. The molecule has 2 heterocycles. The number of hydrogen-bond acceptors (Lipinski definition) is 8. The summed E-state index contributed by atoms with van der Waals surface area (Å²) in [6, 6.07) is 0. The van der Waals surface area contributed by atoms with Gasteiger partial charge in [0.25, 0.3) is 5.91 Å². The quantitative estimate of drug-likeness (QED) is 0.390. The van der Waals surface area contributed by atoms with Crippen molar-refractivity contribution in [1.82, 2.24) is 9.78 Å². The van der Waals surface area contributed by atoms with Crippen LogP contribution in [-0.4, -0.2) is 66.9 Å². The number of aliphatic hydroxyl groups is 3. The average molecular weight is 357 g/mol. The minimum absolute atomic E-state index is 0.102. The number of primary amides is 1. The number of unbranched alkanes of at least 4 members (excludes halogenated alkanes) is 2. The van der Waals surface area contributed by atoms with Crippen LogP contribution in [0.15, 0.2) is 0 Å². The van der Waals surface area contributed by atoms with Gasteiger partial charge in [0.15, 0.2) is 11.4 Å². The minimum atomic E-state index is -1.50. The third-order valence-electron chi connectivity index (χ3n) is 4.16. The van der Waals surface area contributed by atoms with E-state index in [4.69, 9.17) is 15.6 Å².